The summed E-state index contributed by atoms with van der Waals surface area (Å²) in [6.45, 7) is 1.84. The predicted molar refractivity (Wildman–Crippen MR) is 78.4 cm³/mol. The van der Waals surface area contributed by atoms with Gasteiger partial charge in [-0.2, -0.15) is 0 Å². The van der Waals surface area contributed by atoms with Crippen LogP contribution in [-0.4, -0.2) is 23.5 Å². The van der Waals surface area contributed by atoms with E-state index in [4.69, 9.17) is 27.9 Å². The third-order valence-electron chi connectivity index (χ3n) is 4.48. The molecule has 108 valence electrons. The highest BCUT2D eigenvalue weighted by molar-refractivity contribution is 6.38. The molecule has 1 aromatic carbocycles. The lowest BCUT2D eigenvalue weighted by Crippen LogP contribution is -2.38. The Balaban J connectivity index is 1.80. The molecule has 0 aromatic heterocycles. The third kappa shape index (κ3) is 1.61. The quantitative estimate of drug-likeness (QED) is 0.589. The first-order valence-corrected chi connectivity index (χ1v) is 7.38. The zero-order valence-electron chi connectivity index (χ0n) is 11.0. The van der Waals surface area contributed by atoms with E-state index >= 15 is 0 Å². The molecule has 0 radical (unpaired) electrons. The molecule has 0 unspecified atom stereocenters. The van der Waals surface area contributed by atoms with Gasteiger partial charge in [-0.3, -0.25) is 9.59 Å². The van der Waals surface area contributed by atoms with Crippen LogP contribution in [0.15, 0.2) is 30.4 Å². The standard InChI is InChI=1S/C15H11Cl2NO3/c1-15-5-4-10(21-15)11-12(15)14(20)18(13(11)19)9-3-2-7(16)6-8(9)17/h2-6,10-12H,1H3/t10-,11+,12+,15+/m1/s1. The summed E-state index contributed by atoms with van der Waals surface area (Å²) in [5.41, 5.74) is -0.316. The van der Waals surface area contributed by atoms with Gasteiger partial charge in [0.15, 0.2) is 0 Å². The van der Waals surface area contributed by atoms with Crippen molar-refractivity contribution in [2.75, 3.05) is 4.90 Å². The molecule has 0 aliphatic carbocycles. The van der Waals surface area contributed by atoms with E-state index < -0.39 is 17.4 Å². The molecule has 21 heavy (non-hydrogen) atoms. The minimum atomic E-state index is -0.699. The van der Waals surface area contributed by atoms with Gasteiger partial charge in [0.05, 0.1) is 34.3 Å². The van der Waals surface area contributed by atoms with E-state index in [1.54, 1.807) is 12.1 Å². The fourth-order valence-electron chi connectivity index (χ4n) is 3.55. The lowest BCUT2D eigenvalue weighted by atomic mass is 9.78. The van der Waals surface area contributed by atoms with Crippen molar-refractivity contribution in [3.05, 3.63) is 40.4 Å². The van der Waals surface area contributed by atoms with Crippen LogP contribution >= 0.6 is 23.2 Å². The monoisotopic (exact) mass is 323 g/mol. The lowest BCUT2D eigenvalue weighted by molar-refractivity contribution is -0.126. The molecule has 1 aromatic rings. The maximum absolute atomic E-state index is 12.7. The molecule has 2 bridgehead atoms. The summed E-state index contributed by atoms with van der Waals surface area (Å²) in [6, 6.07) is 4.74. The highest BCUT2D eigenvalue weighted by Crippen LogP contribution is 2.52. The fraction of sp³-hybridized carbons (Fsp3) is 0.333. The molecule has 4 rings (SSSR count). The molecule has 4 nitrogen and oxygen atoms in total. The van der Waals surface area contributed by atoms with Crippen LogP contribution in [0, 0.1) is 11.8 Å². The zero-order chi connectivity index (χ0) is 14.9. The topological polar surface area (TPSA) is 46.6 Å². The normalized spacial score (nSPS) is 36.7. The van der Waals surface area contributed by atoms with Crippen LogP contribution in [0.4, 0.5) is 5.69 Å². The van der Waals surface area contributed by atoms with Crippen LogP contribution in [0.5, 0.6) is 0 Å². The summed E-state index contributed by atoms with van der Waals surface area (Å²) in [5, 5.41) is 0.746. The van der Waals surface area contributed by atoms with Gasteiger partial charge in [-0.1, -0.05) is 35.4 Å². The highest BCUT2D eigenvalue weighted by atomic mass is 35.5. The average Bonchev–Trinajstić information content (AvgIpc) is 3.01. The Bertz CT molecular complexity index is 717. The minimum Gasteiger partial charge on any atom is -0.362 e. The molecular weight excluding hydrogens is 313 g/mol. The van der Waals surface area contributed by atoms with Crippen molar-refractivity contribution in [2.45, 2.75) is 18.6 Å². The van der Waals surface area contributed by atoms with E-state index in [2.05, 4.69) is 0 Å². The van der Waals surface area contributed by atoms with Crippen LogP contribution < -0.4 is 4.90 Å². The van der Waals surface area contributed by atoms with Gasteiger partial charge in [0.25, 0.3) is 0 Å². The number of fused-ring (bicyclic) bond motifs is 5. The molecule has 0 N–H and O–H groups in total. The van der Waals surface area contributed by atoms with Gasteiger partial charge in [0.1, 0.15) is 0 Å². The van der Waals surface area contributed by atoms with E-state index in [0.29, 0.717) is 10.7 Å². The van der Waals surface area contributed by atoms with Gasteiger partial charge < -0.3 is 4.74 Å². The number of rotatable bonds is 1. The lowest BCUT2D eigenvalue weighted by Gasteiger charge is -2.24. The second-order valence-electron chi connectivity index (χ2n) is 5.74. The van der Waals surface area contributed by atoms with Crippen molar-refractivity contribution >= 4 is 40.7 Å². The van der Waals surface area contributed by atoms with Crippen molar-refractivity contribution in [3.63, 3.8) is 0 Å². The van der Waals surface area contributed by atoms with Gasteiger partial charge in [-0.25, -0.2) is 4.90 Å². The van der Waals surface area contributed by atoms with Gasteiger partial charge in [0.2, 0.25) is 11.8 Å². The molecule has 0 spiro atoms. The first kappa shape index (κ1) is 13.3. The van der Waals surface area contributed by atoms with E-state index in [-0.39, 0.29) is 22.9 Å². The van der Waals surface area contributed by atoms with Gasteiger partial charge >= 0.3 is 0 Å². The first-order valence-electron chi connectivity index (χ1n) is 6.62. The van der Waals surface area contributed by atoms with Crippen molar-refractivity contribution in [1.29, 1.82) is 0 Å². The average molecular weight is 324 g/mol. The number of hydrogen-bond acceptors (Lipinski definition) is 3. The summed E-state index contributed by atoms with van der Waals surface area (Å²) >= 11 is 12.0. The van der Waals surface area contributed by atoms with Crippen LogP contribution in [-0.2, 0) is 14.3 Å². The molecule has 3 aliphatic heterocycles. The summed E-state index contributed by atoms with van der Waals surface area (Å²) in [7, 11) is 0. The smallest absolute Gasteiger partial charge is 0.241 e. The molecule has 6 heteroatoms. The first-order chi connectivity index (χ1) is 9.92. The largest absolute Gasteiger partial charge is 0.362 e. The Morgan fingerprint density at radius 2 is 2.00 bits per heavy atom. The van der Waals surface area contributed by atoms with E-state index in [9.17, 15) is 9.59 Å². The van der Waals surface area contributed by atoms with Crippen molar-refractivity contribution < 1.29 is 14.3 Å². The predicted octanol–water partition coefficient (Wildman–Crippen LogP) is 2.83. The summed E-state index contributed by atoms with van der Waals surface area (Å²) in [4.78, 5) is 26.6. The Morgan fingerprint density at radius 3 is 2.67 bits per heavy atom. The van der Waals surface area contributed by atoms with Crippen LogP contribution in [0.2, 0.25) is 10.0 Å². The number of benzene rings is 1. The van der Waals surface area contributed by atoms with Gasteiger partial charge in [0, 0.05) is 5.02 Å². The molecular formula is C15H11Cl2NO3. The number of carbonyl (C=O) groups is 2. The molecule has 3 aliphatic rings. The number of ether oxygens (including phenoxy) is 1. The van der Waals surface area contributed by atoms with Crippen LogP contribution in [0.3, 0.4) is 0 Å². The molecule has 2 fully saturated rings. The number of amides is 2. The highest BCUT2D eigenvalue weighted by Gasteiger charge is 2.66. The maximum atomic E-state index is 12.7. The Kier molecular flexibility index (Phi) is 2.60. The summed E-state index contributed by atoms with van der Waals surface area (Å²) in [6.07, 6.45) is 3.41. The SMILES string of the molecule is C[C@@]12C=C[C@@H](O1)[C@@H]1C(=O)N(c3ccc(Cl)cc3Cl)C(=O)[C@H]12. The maximum Gasteiger partial charge on any atom is 0.241 e. The number of imide groups is 1. The zero-order valence-corrected chi connectivity index (χ0v) is 12.6. The Labute approximate surface area is 131 Å². The third-order valence-corrected chi connectivity index (χ3v) is 5.02. The Morgan fingerprint density at radius 1 is 1.24 bits per heavy atom. The Hall–Kier alpha value is -1.36. The number of halogens is 2. The van der Waals surface area contributed by atoms with Gasteiger partial charge in [-0.05, 0) is 25.1 Å². The second-order valence-corrected chi connectivity index (χ2v) is 6.58. The molecule has 4 atom stereocenters. The summed E-state index contributed by atoms with van der Waals surface area (Å²) in [5.74, 6) is -1.46. The van der Waals surface area contributed by atoms with Crippen molar-refractivity contribution in [1.82, 2.24) is 0 Å². The van der Waals surface area contributed by atoms with Crippen LogP contribution in [0.1, 0.15) is 6.92 Å². The fourth-order valence-corrected chi connectivity index (χ4v) is 4.05. The molecule has 2 saturated heterocycles. The van der Waals surface area contributed by atoms with Gasteiger partial charge in [-0.15, -0.1) is 0 Å². The van der Waals surface area contributed by atoms with E-state index in [1.165, 1.54) is 11.0 Å². The van der Waals surface area contributed by atoms with Crippen molar-refractivity contribution in [2.24, 2.45) is 11.8 Å². The number of hydrogen-bond donors (Lipinski definition) is 0. The molecule has 3 heterocycles. The van der Waals surface area contributed by atoms with E-state index in [0.717, 1.165) is 0 Å². The van der Waals surface area contributed by atoms with E-state index in [1.807, 2.05) is 19.1 Å². The second kappa shape index (κ2) is 4.09. The van der Waals surface area contributed by atoms with Crippen LogP contribution in [0.25, 0.3) is 0 Å². The number of nitrogens with zero attached hydrogens (tertiary/aromatic N) is 1. The molecule has 2 amide bonds. The van der Waals surface area contributed by atoms with Crippen molar-refractivity contribution in [3.8, 4) is 0 Å². The summed E-state index contributed by atoms with van der Waals surface area (Å²) < 4.78 is 5.77. The number of carbonyl (C=O) groups excluding carboxylic acids is 2. The number of anilines is 1. The minimum absolute atomic E-state index is 0.257. The molecule has 0 saturated carbocycles.